The van der Waals surface area contributed by atoms with Gasteiger partial charge in [0, 0.05) is 42.6 Å². The van der Waals surface area contributed by atoms with Crippen LogP contribution in [0.15, 0.2) is 54.1 Å². The summed E-state index contributed by atoms with van der Waals surface area (Å²) in [6, 6.07) is 15.6. The van der Waals surface area contributed by atoms with Crippen molar-refractivity contribution in [2.75, 3.05) is 20.3 Å². The molecule has 6 N–H and O–H groups in total. The fourth-order valence-corrected chi connectivity index (χ4v) is 3.45. The van der Waals surface area contributed by atoms with E-state index in [4.69, 9.17) is 16.2 Å². The summed E-state index contributed by atoms with van der Waals surface area (Å²) in [5, 5.41) is 6.64. The number of hydrogen-bond acceptors (Lipinski definition) is 5. The van der Waals surface area contributed by atoms with E-state index in [1.807, 2.05) is 36.4 Å². The van der Waals surface area contributed by atoms with E-state index in [0.29, 0.717) is 6.61 Å². The molecule has 0 saturated heterocycles. The molecule has 33 heavy (non-hydrogen) atoms. The summed E-state index contributed by atoms with van der Waals surface area (Å²) in [6.07, 6.45) is 2.02. The van der Waals surface area contributed by atoms with E-state index in [-0.39, 0.29) is 0 Å². The minimum absolute atomic E-state index is 0.458. The number of nitrogens with one attached hydrogen (secondary N) is 2. The third kappa shape index (κ3) is 7.47. The molecule has 0 radical (unpaired) electrons. The van der Waals surface area contributed by atoms with Crippen molar-refractivity contribution in [1.29, 1.82) is 0 Å². The van der Waals surface area contributed by atoms with Crippen LogP contribution in [0.1, 0.15) is 48.9 Å². The summed E-state index contributed by atoms with van der Waals surface area (Å²) in [7, 11) is 1.70. The van der Waals surface area contributed by atoms with Crippen LogP contribution in [-0.2, 0) is 16.1 Å². The maximum absolute atomic E-state index is 12.0. The number of rotatable bonds is 10. The molecule has 1 fully saturated rings. The van der Waals surface area contributed by atoms with Crippen LogP contribution in [0.4, 0.5) is 0 Å². The van der Waals surface area contributed by atoms with Crippen molar-refractivity contribution < 1.29 is 9.53 Å². The Morgan fingerprint density at radius 3 is 2.12 bits per heavy atom. The van der Waals surface area contributed by atoms with Crippen molar-refractivity contribution in [3.63, 3.8) is 0 Å². The molecule has 1 saturated carbocycles. The predicted molar refractivity (Wildman–Crippen MR) is 133 cm³/mol. The molecular weight excluding hydrogens is 412 g/mol. The van der Waals surface area contributed by atoms with Gasteiger partial charge in [-0.25, -0.2) is 0 Å². The van der Waals surface area contributed by atoms with Gasteiger partial charge in [-0.2, -0.15) is 0 Å². The Kier molecular flexibility index (Phi) is 8.29. The first-order chi connectivity index (χ1) is 15.8. The lowest BCUT2D eigenvalue weighted by molar-refractivity contribution is -0.120. The van der Waals surface area contributed by atoms with E-state index >= 15 is 0 Å². The first kappa shape index (κ1) is 24.5. The van der Waals surface area contributed by atoms with Crippen LogP contribution in [0.2, 0.25) is 0 Å². The summed E-state index contributed by atoms with van der Waals surface area (Å²) < 4.78 is 5.04. The van der Waals surface area contributed by atoms with Crippen LogP contribution in [-0.4, -0.2) is 37.7 Å². The first-order valence-corrected chi connectivity index (χ1v) is 11.3. The number of primary amides is 1. The van der Waals surface area contributed by atoms with E-state index in [1.54, 1.807) is 21.0 Å². The maximum atomic E-state index is 12.0. The van der Waals surface area contributed by atoms with Crippen LogP contribution in [0, 0.1) is 11.8 Å². The first-order valence-electron chi connectivity index (χ1n) is 11.3. The maximum Gasteiger partial charge on any atom is 0.241 e. The lowest BCUT2D eigenvalue weighted by atomic mass is 9.94. The highest BCUT2D eigenvalue weighted by Crippen LogP contribution is 2.35. The van der Waals surface area contributed by atoms with Crippen LogP contribution in [0.25, 0.3) is 5.70 Å². The van der Waals surface area contributed by atoms with Gasteiger partial charge in [0.15, 0.2) is 0 Å². The summed E-state index contributed by atoms with van der Waals surface area (Å²) in [5.74, 6) is 5.98. The number of methoxy groups -OCH3 is 1. The molecule has 1 amide bonds. The Balaban J connectivity index is 1.66. The van der Waals surface area contributed by atoms with E-state index < -0.39 is 17.5 Å². The molecule has 0 aromatic heterocycles. The largest absolute Gasteiger partial charge is 0.383 e. The quantitative estimate of drug-likeness (QED) is 0.332. The summed E-state index contributed by atoms with van der Waals surface area (Å²) in [4.78, 5) is 12.0. The normalized spacial score (nSPS) is 13.6. The van der Waals surface area contributed by atoms with E-state index in [2.05, 4.69) is 34.6 Å². The molecule has 6 nitrogen and oxygen atoms in total. The van der Waals surface area contributed by atoms with Gasteiger partial charge in [-0.3, -0.25) is 4.79 Å². The second kappa shape index (κ2) is 11.2. The molecule has 0 bridgehead atoms. The Bertz CT molecular complexity index is 1030. The number of amides is 1. The van der Waals surface area contributed by atoms with Crippen molar-refractivity contribution >= 4 is 11.6 Å². The second-order valence-corrected chi connectivity index (χ2v) is 8.97. The van der Waals surface area contributed by atoms with Crippen molar-refractivity contribution in [3.8, 4) is 11.8 Å². The average Bonchev–Trinajstić information content (AvgIpc) is 3.61. The number of carbonyl (C=O) groups excluding carboxylic acids is 1. The average molecular weight is 447 g/mol. The minimum Gasteiger partial charge on any atom is -0.383 e. The highest BCUT2D eigenvalue weighted by Gasteiger charge is 2.32. The van der Waals surface area contributed by atoms with E-state index in [1.165, 1.54) is 11.1 Å². The fourth-order valence-electron chi connectivity index (χ4n) is 3.45. The number of carbonyl (C=O) groups is 1. The summed E-state index contributed by atoms with van der Waals surface area (Å²) >= 11 is 0. The topological polar surface area (TPSA) is 102 Å². The predicted octanol–water partition coefficient (Wildman–Crippen LogP) is 2.51. The van der Waals surface area contributed by atoms with Gasteiger partial charge in [-0.15, -0.1) is 0 Å². The highest BCUT2D eigenvalue weighted by atomic mass is 16.5. The Labute approximate surface area is 196 Å². The van der Waals surface area contributed by atoms with Gasteiger partial charge >= 0.3 is 0 Å². The highest BCUT2D eigenvalue weighted by molar-refractivity contribution is 5.84. The molecule has 3 rings (SSSR count). The Morgan fingerprint density at radius 2 is 1.64 bits per heavy atom. The molecule has 0 heterocycles. The second-order valence-electron chi connectivity index (χ2n) is 8.97. The third-order valence-corrected chi connectivity index (χ3v) is 5.46. The van der Waals surface area contributed by atoms with Gasteiger partial charge < -0.3 is 26.8 Å². The Hall–Kier alpha value is -3.11. The number of benzene rings is 2. The summed E-state index contributed by atoms with van der Waals surface area (Å²) in [6.45, 7) is 5.94. The standard InChI is InChI=1S/C27H34N4O2/c1-27(2,29)25(26(28)32)31-24(23-14-15-23)22-12-10-20(11-13-22)5-4-19-6-8-21(9-7-19)18-30-16-17-33-3/h6-13,25,30-31H,14-18,29H2,1-3H3,(H2,28,32). The van der Waals surface area contributed by atoms with Crippen LogP contribution in [0.3, 0.4) is 0 Å². The van der Waals surface area contributed by atoms with E-state index in [0.717, 1.165) is 48.3 Å². The lowest BCUT2D eigenvalue weighted by Gasteiger charge is -2.30. The van der Waals surface area contributed by atoms with Gasteiger partial charge in [0.05, 0.1) is 6.61 Å². The van der Waals surface area contributed by atoms with Gasteiger partial charge in [0.1, 0.15) is 6.04 Å². The Morgan fingerprint density at radius 1 is 1.06 bits per heavy atom. The van der Waals surface area contributed by atoms with Gasteiger partial charge in [-0.05, 0) is 67.7 Å². The number of allylic oxidation sites excluding steroid dienone is 1. The minimum atomic E-state index is -0.770. The molecule has 174 valence electrons. The molecule has 6 heteroatoms. The smallest absolute Gasteiger partial charge is 0.241 e. The van der Waals surface area contributed by atoms with Crippen LogP contribution >= 0.6 is 0 Å². The molecule has 0 spiro atoms. The molecule has 2 aromatic rings. The molecule has 1 aliphatic rings. The SMILES string of the molecule is COCCNCc1ccc(C#Cc2ccc(C(NC(C(N)=O)C(C)(C)N)=C3CC3)cc2)cc1. The monoisotopic (exact) mass is 446 g/mol. The summed E-state index contributed by atoms with van der Waals surface area (Å²) in [5.41, 5.74) is 17.4. The van der Waals surface area contributed by atoms with Gasteiger partial charge in [0.25, 0.3) is 0 Å². The number of hydrogen-bond donors (Lipinski definition) is 4. The molecule has 1 aliphatic carbocycles. The van der Waals surface area contributed by atoms with Gasteiger partial charge in [-0.1, -0.05) is 36.1 Å². The van der Waals surface area contributed by atoms with Crippen molar-refractivity contribution in [1.82, 2.24) is 10.6 Å². The van der Waals surface area contributed by atoms with Crippen molar-refractivity contribution in [2.45, 2.75) is 44.8 Å². The zero-order valence-electron chi connectivity index (χ0n) is 19.7. The number of ether oxygens (including phenoxy) is 1. The van der Waals surface area contributed by atoms with Crippen LogP contribution < -0.4 is 22.1 Å². The lowest BCUT2D eigenvalue weighted by Crippen LogP contribution is -2.58. The number of nitrogens with two attached hydrogens (primary N) is 2. The van der Waals surface area contributed by atoms with Crippen molar-refractivity contribution in [2.24, 2.45) is 11.5 Å². The van der Waals surface area contributed by atoms with Gasteiger partial charge in [0.2, 0.25) is 5.91 Å². The van der Waals surface area contributed by atoms with Crippen molar-refractivity contribution in [3.05, 3.63) is 76.4 Å². The third-order valence-electron chi connectivity index (χ3n) is 5.46. The molecular formula is C27H34N4O2. The molecule has 1 atom stereocenters. The van der Waals surface area contributed by atoms with Crippen LogP contribution in [0.5, 0.6) is 0 Å². The zero-order valence-corrected chi connectivity index (χ0v) is 19.7. The molecule has 0 aliphatic heterocycles. The molecule has 1 unspecified atom stereocenters. The molecule has 2 aromatic carbocycles. The van der Waals surface area contributed by atoms with E-state index in [9.17, 15) is 4.79 Å². The zero-order chi connectivity index (χ0) is 23.8. The fraction of sp³-hybridized carbons (Fsp3) is 0.370.